The molecule has 0 amide bonds. The van der Waals surface area contributed by atoms with E-state index >= 15 is 0 Å². The first kappa shape index (κ1) is 12.7. The van der Waals surface area contributed by atoms with Gasteiger partial charge in [-0.3, -0.25) is 0 Å². The van der Waals surface area contributed by atoms with Crippen LogP contribution < -0.4 is 5.73 Å². The maximum atomic E-state index is 6.63. The lowest BCUT2D eigenvalue weighted by molar-refractivity contribution is -0.145. The molecule has 0 heterocycles. The molecule has 0 spiro atoms. The summed E-state index contributed by atoms with van der Waals surface area (Å²) in [5.41, 5.74) is 7.93. The van der Waals surface area contributed by atoms with Gasteiger partial charge in [0.2, 0.25) is 0 Å². The zero-order valence-electron chi connectivity index (χ0n) is 12.7. The summed E-state index contributed by atoms with van der Waals surface area (Å²) in [6.45, 7) is 2.31. The van der Waals surface area contributed by atoms with Crippen LogP contribution in [0.4, 0.5) is 0 Å². The lowest BCUT2D eigenvalue weighted by Gasteiger charge is -2.65. The van der Waals surface area contributed by atoms with E-state index in [1.54, 1.807) is 19.3 Å². The fraction of sp³-hybridized carbons (Fsp3) is 1.00. The van der Waals surface area contributed by atoms with E-state index < -0.39 is 0 Å². The van der Waals surface area contributed by atoms with Gasteiger partial charge in [0.1, 0.15) is 0 Å². The van der Waals surface area contributed by atoms with Crippen LogP contribution in [-0.2, 0) is 0 Å². The van der Waals surface area contributed by atoms with Crippen molar-refractivity contribution in [3.63, 3.8) is 0 Å². The van der Waals surface area contributed by atoms with Crippen molar-refractivity contribution in [1.82, 2.24) is 0 Å². The summed E-state index contributed by atoms with van der Waals surface area (Å²) in [6.07, 6.45) is 16.5. The molecular formula is C18H31N. The van der Waals surface area contributed by atoms with E-state index in [-0.39, 0.29) is 0 Å². The Balaban J connectivity index is 1.67. The molecule has 0 aliphatic heterocycles. The normalized spacial score (nSPS) is 50.8. The van der Waals surface area contributed by atoms with Crippen molar-refractivity contribution in [3.8, 4) is 0 Å². The van der Waals surface area contributed by atoms with Gasteiger partial charge in [-0.15, -0.1) is 0 Å². The molecule has 5 fully saturated rings. The largest absolute Gasteiger partial charge is 0.327 e. The molecular weight excluding hydrogens is 230 g/mol. The molecule has 0 aromatic heterocycles. The van der Waals surface area contributed by atoms with Crippen LogP contribution in [-0.4, -0.2) is 6.04 Å². The van der Waals surface area contributed by atoms with Gasteiger partial charge in [0.25, 0.3) is 0 Å². The van der Waals surface area contributed by atoms with Crippen molar-refractivity contribution in [1.29, 1.82) is 0 Å². The zero-order chi connectivity index (χ0) is 13.1. The maximum absolute atomic E-state index is 6.63. The van der Waals surface area contributed by atoms with E-state index in [0.717, 1.165) is 23.2 Å². The Morgan fingerprint density at radius 2 is 1.68 bits per heavy atom. The van der Waals surface area contributed by atoms with Gasteiger partial charge in [-0.25, -0.2) is 0 Å². The molecule has 0 saturated heterocycles. The smallest absolute Gasteiger partial charge is 0.00933 e. The van der Waals surface area contributed by atoms with Gasteiger partial charge in [-0.2, -0.15) is 0 Å². The third-order valence-corrected chi connectivity index (χ3v) is 7.60. The average molecular weight is 261 g/mol. The highest BCUT2D eigenvalue weighted by Crippen LogP contribution is 2.69. The van der Waals surface area contributed by atoms with E-state index in [0.29, 0.717) is 11.5 Å². The van der Waals surface area contributed by atoms with Crippen LogP contribution >= 0.6 is 0 Å². The van der Waals surface area contributed by atoms with Gasteiger partial charge >= 0.3 is 0 Å². The Morgan fingerprint density at radius 1 is 1.05 bits per heavy atom. The molecule has 5 aliphatic carbocycles. The standard InChI is InChI=1S/C18H31N/c1-2-16(19)18-10-13-7-14(11-18)9-17(8-13,12-18)15-5-3-4-6-15/h13-16H,2-12,19H2,1H3. The quantitative estimate of drug-likeness (QED) is 0.795. The number of hydrogen-bond acceptors (Lipinski definition) is 1. The summed E-state index contributed by atoms with van der Waals surface area (Å²) in [5, 5.41) is 0. The van der Waals surface area contributed by atoms with Crippen molar-refractivity contribution in [2.45, 2.75) is 83.6 Å². The molecule has 0 aromatic rings. The fourth-order valence-electron chi connectivity index (χ4n) is 7.29. The summed E-state index contributed by atoms with van der Waals surface area (Å²) in [6, 6.07) is 0.485. The fourth-order valence-corrected chi connectivity index (χ4v) is 7.29. The summed E-state index contributed by atoms with van der Waals surface area (Å²) in [7, 11) is 0. The topological polar surface area (TPSA) is 26.0 Å². The van der Waals surface area contributed by atoms with Gasteiger partial charge in [0, 0.05) is 6.04 Å². The van der Waals surface area contributed by atoms with E-state index in [2.05, 4.69) is 6.92 Å². The van der Waals surface area contributed by atoms with Crippen LogP contribution in [0.25, 0.3) is 0 Å². The first-order valence-corrected chi connectivity index (χ1v) is 8.91. The lowest BCUT2D eigenvalue weighted by atomic mass is 9.40. The monoisotopic (exact) mass is 261 g/mol. The summed E-state index contributed by atoms with van der Waals surface area (Å²) in [5.74, 6) is 3.15. The van der Waals surface area contributed by atoms with E-state index in [4.69, 9.17) is 5.73 Å². The molecule has 5 aliphatic rings. The van der Waals surface area contributed by atoms with Crippen LogP contribution in [0.15, 0.2) is 0 Å². The van der Waals surface area contributed by atoms with Crippen molar-refractivity contribution in [3.05, 3.63) is 0 Å². The summed E-state index contributed by atoms with van der Waals surface area (Å²) < 4.78 is 0. The van der Waals surface area contributed by atoms with Crippen LogP contribution in [0.5, 0.6) is 0 Å². The Labute approximate surface area is 118 Å². The Bertz CT molecular complexity index is 341. The minimum Gasteiger partial charge on any atom is -0.327 e. The molecule has 0 radical (unpaired) electrons. The third kappa shape index (κ3) is 1.76. The summed E-state index contributed by atoms with van der Waals surface area (Å²) >= 11 is 0. The van der Waals surface area contributed by atoms with Gasteiger partial charge in [-0.1, -0.05) is 19.8 Å². The van der Waals surface area contributed by atoms with Gasteiger partial charge in [0.15, 0.2) is 0 Å². The maximum Gasteiger partial charge on any atom is 0.00933 e. The number of hydrogen-bond donors (Lipinski definition) is 1. The summed E-state index contributed by atoms with van der Waals surface area (Å²) in [4.78, 5) is 0. The van der Waals surface area contributed by atoms with Gasteiger partial charge in [0.05, 0.1) is 0 Å². The van der Waals surface area contributed by atoms with Crippen molar-refractivity contribution in [2.75, 3.05) is 0 Å². The Kier molecular flexibility index (Phi) is 2.82. The molecule has 3 atom stereocenters. The van der Waals surface area contributed by atoms with Crippen molar-refractivity contribution >= 4 is 0 Å². The van der Waals surface area contributed by atoms with Crippen molar-refractivity contribution < 1.29 is 0 Å². The minimum absolute atomic E-state index is 0.485. The first-order chi connectivity index (χ1) is 9.16. The van der Waals surface area contributed by atoms with Crippen LogP contribution in [0.3, 0.4) is 0 Å². The molecule has 0 aromatic carbocycles. The third-order valence-electron chi connectivity index (χ3n) is 7.60. The molecule has 1 heteroatoms. The number of nitrogens with two attached hydrogens (primary N) is 1. The molecule has 5 rings (SSSR count). The Morgan fingerprint density at radius 3 is 2.26 bits per heavy atom. The average Bonchev–Trinajstić information content (AvgIpc) is 2.90. The molecule has 4 bridgehead atoms. The second kappa shape index (κ2) is 4.23. The van der Waals surface area contributed by atoms with E-state index in [9.17, 15) is 0 Å². The second-order valence-corrected chi connectivity index (χ2v) is 8.68. The highest BCUT2D eigenvalue weighted by atomic mass is 14.8. The highest BCUT2D eigenvalue weighted by Gasteiger charge is 2.61. The number of rotatable bonds is 3. The van der Waals surface area contributed by atoms with E-state index in [1.807, 2.05) is 0 Å². The van der Waals surface area contributed by atoms with Crippen LogP contribution in [0.2, 0.25) is 0 Å². The molecule has 2 N–H and O–H groups in total. The van der Waals surface area contributed by atoms with Gasteiger partial charge < -0.3 is 5.73 Å². The van der Waals surface area contributed by atoms with E-state index in [1.165, 1.54) is 51.4 Å². The lowest BCUT2D eigenvalue weighted by Crippen LogP contribution is -2.59. The van der Waals surface area contributed by atoms with Crippen molar-refractivity contribution in [2.24, 2.45) is 34.3 Å². The molecule has 19 heavy (non-hydrogen) atoms. The minimum atomic E-state index is 0.485. The molecule has 5 saturated carbocycles. The zero-order valence-corrected chi connectivity index (χ0v) is 12.7. The SMILES string of the molecule is CCC(N)C12CC3CC(C1)CC(C1CCCC1)(C3)C2. The molecule has 108 valence electrons. The second-order valence-electron chi connectivity index (χ2n) is 8.68. The van der Waals surface area contributed by atoms with Crippen LogP contribution in [0, 0.1) is 28.6 Å². The highest BCUT2D eigenvalue weighted by molar-refractivity contribution is 5.12. The van der Waals surface area contributed by atoms with Crippen LogP contribution in [0.1, 0.15) is 77.6 Å². The van der Waals surface area contributed by atoms with Gasteiger partial charge in [-0.05, 0) is 86.4 Å². The predicted molar refractivity (Wildman–Crippen MR) is 79.8 cm³/mol. The predicted octanol–water partition coefficient (Wildman–Crippen LogP) is 4.50. The molecule has 3 unspecified atom stereocenters. The molecule has 1 nitrogen and oxygen atoms in total. The Hall–Kier alpha value is -0.0400. The first-order valence-electron chi connectivity index (χ1n) is 8.91.